The Labute approximate surface area is 177 Å². The highest BCUT2D eigenvalue weighted by molar-refractivity contribution is 6.30. The van der Waals surface area contributed by atoms with Crippen molar-refractivity contribution in [3.63, 3.8) is 0 Å². The van der Waals surface area contributed by atoms with Gasteiger partial charge in [-0.15, -0.1) is 0 Å². The fraction of sp³-hybridized carbons (Fsp3) is 0.286. The van der Waals surface area contributed by atoms with Crippen molar-refractivity contribution in [2.24, 2.45) is 0 Å². The maximum atomic E-state index is 12.6. The zero-order chi connectivity index (χ0) is 21.1. The van der Waals surface area contributed by atoms with Crippen LogP contribution in [0.15, 0.2) is 51.7 Å². The molecule has 2 heterocycles. The Morgan fingerprint density at radius 1 is 1.07 bits per heavy atom. The number of hydrogen-bond donors (Lipinski definition) is 1. The van der Waals surface area contributed by atoms with Gasteiger partial charge in [-0.25, -0.2) is 9.59 Å². The third kappa shape index (κ3) is 4.72. The molecular weight excluding hydrogens is 410 g/mol. The summed E-state index contributed by atoms with van der Waals surface area (Å²) in [5.41, 5.74) is 2.27. The molecule has 0 saturated carbocycles. The number of benzene rings is 2. The number of fused-ring (bicyclic) bond motifs is 1. The lowest BCUT2D eigenvalue weighted by Crippen LogP contribution is -2.50. The number of amides is 1. The summed E-state index contributed by atoms with van der Waals surface area (Å²) in [5, 5.41) is 0.633. The van der Waals surface area contributed by atoms with Gasteiger partial charge in [0.2, 0.25) is 0 Å². The molecule has 30 heavy (non-hydrogen) atoms. The highest BCUT2D eigenvalue weighted by atomic mass is 35.5. The minimum Gasteiger partial charge on any atom is -0.445 e. The number of nitrogens with zero attached hydrogens (tertiary/aromatic N) is 2. The number of carbonyl (C=O) groups excluding carboxylic acids is 2. The zero-order valence-corrected chi connectivity index (χ0v) is 16.9. The molecule has 3 aromatic rings. The molecule has 1 N–H and O–H groups in total. The van der Waals surface area contributed by atoms with E-state index < -0.39 is 5.76 Å². The predicted molar refractivity (Wildman–Crippen MR) is 111 cm³/mol. The van der Waals surface area contributed by atoms with Crippen LogP contribution in [0.25, 0.3) is 11.1 Å². The third-order valence-corrected chi connectivity index (χ3v) is 5.27. The number of aromatic amines is 1. The van der Waals surface area contributed by atoms with Crippen LogP contribution in [0.5, 0.6) is 0 Å². The first-order chi connectivity index (χ1) is 14.5. The molecule has 2 aromatic carbocycles. The second-order valence-electron chi connectivity index (χ2n) is 7.09. The Bertz CT molecular complexity index is 1110. The summed E-state index contributed by atoms with van der Waals surface area (Å²) < 4.78 is 10.4. The van der Waals surface area contributed by atoms with Gasteiger partial charge < -0.3 is 14.1 Å². The Kier molecular flexibility index (Phi) is 5.87. The monoisotopic (exact) mass is 429 g/mol. The number of Topliss-reactive ketones (excluding diaryl/α,β-unsaturated/α-hetero) is 1. The molecule has 1 saturated heterocycles. The summed E-state index contributed by atoms with van der Waals surface area (Å²) in [6.07, 6.45) is -0.371. The lowest BCUT2D eigenvalue weighted by Gasteiger charge is -2.33. The molecule has 9 heteroatoms. The van der Waals surface area contributed by atoms with E-state index in [2.05, 4.69) is 4.98 Å². The van der Waals surface area contributed by atoms with Crippen LogP contribution in [0.1, 0.15) is 15.9 Å². The van der Waals surface area contributed by atoms with Crippen LogP contribution in [0.4, 0.5) is 4.79 Å². The van der Waals surface area contributed by atoms with Crippen molar-refractivity contribution in [1.82, 2.24) is 14.8 Å². The molecule has 1 aromatic heterocycles. The van der Waals surface area contributed by atoms with Crippen LogP contribution in [0, 0.1) is 0 Å². The van der Waals surface area contributed by atoms with Gasteiger partial charge in [-0.1, -0.05) is 23.7 Å². The van der Waals surface area contributed by atoms with Crippen molar-refractivity contribution in [3.05, 3.63) is 69.2 Å². The first-order valence-corrected chi connectivity index (χ1v) is 9.90. The largest absolute Gasteiger partial charge is 0.445 e. The minimum atomic E-state index is -0.548. The lowest BCUT2D eigenvalue weighted by atomic mass is 10.1. The molecule has 156 valence electrons. The van der Waals surface area contributed by atoms with E-state index in [-0.39, 0.29) is 25.0 Å². The van der Waals surface area contributed by atoms with Gasteiger partial charge in [-0.2, -0.15) is 0 Å². The number of ether oxygens (including phenoxy) is 1. The van der Waals surface area contributed by atoms with Crippen molar-refractivity contribution in [3.8, 4) is 0 Å². The molecule has 1 fully saturated rings. The molecule has 0 spiro atoms. The third-order valence-electron chi connectivity index (χ3n) is 5.02. The molecule has 0 unspecified atom stereocenters. The number of rotatable bonds is 5. The number of halogens is 1. The van der Waals surface area contributed by atoms with Gasteiger partial charge in [0.25, 0.3) is 0 Å². The summed E-state index contributed by atoms with van der Waals surface area (Å²) in [5.74, 6) is -0.617. The Morgan fingerprint density at radius 3 is 2.53 bits per heavy atom. The number of H-pyrrole nitrogens is 1. The fourth-order valence-corrected chi connectivity index (χ4v) is 3.44. The van der Waals surface area contributed by atoms with Crippen molar-refractivity contribution in [2.45, 2.75) is 6.61 Å². The van der Waals surface area contributed by atoms with Crippen molar-refractivity contribution < 1.29 is 18.7 Å². The maximum Gasteiger partial charge on any atom is 0.417 e. The Hall–Kier alpha value is -3.10. The number of ketones is 1. The summed E-state index contributed by atoms with van der Waals surface area (Å²) in [6, 6.07) is 12.0. The van der Waals surface area contributed by atoms with E-state index in [0.29, 0.717) is 47.9 Å². The minimum absolute atomic E-state index is 0.0699. The first kappa shape index (κ1) is 20.2. The topological polar surface area (TPSA) is 95.9 Å². The molecular formula is C21H20ClN3O5. The van der Waals surface area contributed by atoms with E-state index in [4.69, 9.17) is 20.8 Å². The summed E-state index contributed by atoms with van der Waals surface area (Å²) in [7, 11) is 0. The van der Waals surface area contributed by atoms with Gasteiger partial charge in [0.1, 0.15) is 6.61 Å². The standard InChI is InChI=1S/C21H20ClN3O5/c22-16-4-1-14(2-5-16)13-29-21(28)25-9-7-24(8-10-25)12-18(26)15-3-6-17-19(11-15)30-20(27)23-17/h1-6,11H,7-10,12-13H2,(H,23,27). The van der Waals surface area contributed by atoms with E-state index in [9.17, 15) is 14.4 Å². The predicted octanol–water partition coefficient (Wildman–Crippen LogP) is 2.91. The van der Waals surface area contributed by atoms with Crippen LogP contribution in [-0.2, 0) is 11.3 Å². The molecule has 1 aliphatic rings. The lowest BCUT2D eigenvalue weighted by molar-refractivity contribution is 0.0678. The van der Waals surface area contributed by atoms with Gasteiger partial charge in [-0.3, -0.25) is 14.7 Å². The maximum absolute atomic E-state index is 12.6. The summed E-state index contributed by atoms with van der Waals surface area (Å²) >= 11 is 5.85. The van der Waals surface area contributed by atoms with Crippen LogP contribution in [0.3, 0.4) is 0 Å². The zero-order valence-electron chi connectivity index (χ0n) is 16.1. The molecule has 1 aliphatic heterocycles. The fourth-order valence-electron chi connectivity index (χ4n) is 3.32. The number of carbonyl (C=O) groups is 2. The average molecular weight is 430 g/mol. The molecule has 0 aliphatic carbocycles. The number of piperazine rings is 1. The SMILES string of the molecule is O=C(CN1CCN(C(=O)OCc2ccc(Cl)cc2)CC1)c1ccc2[nH]c(=O)oc2c1. The number of aromatic nitrogens is 1. The highest BCUT2D eigenvalue weighted by Gasteiger charge is 2.24. The molecule has 4 rings (SSSR count). The second kappa shape index (κ2) is 8.73. The Balaban J connectivity index is 1.26. The molecule has 0 radical (unpaired) electrons. The molecule has 0 atom stereocenters. The van der Waals surface area contributed by atoms with Gasteiger partial charge >= 0.3 is 11.8 Å². The van der Waals surface area contributed by atoms with Crippen molar-refractivity contribution >= 4 is 34.6 Å². The van der Waals surface area contributed by atoms with Gasteiger partial charge in [0.15, 0.2) is 11.4 Å². The van der Waals surface area contributed by atoms with E-state index >= 15 is 0 Å². The number of nitrogens with one attached hydrogen (secondary N) is 1. The van der Waals surface area contributed by atoms with E-state index in [1.165, 1.54) is 0 Å². The number of oxazole rings is 1. The molecule has 1 amide bonds. The van der Waals surface area contributed by atoms with Crippen LogP contribution in [0.2, 0.25) is 5.02 Å². The van der Waals surface area contributed by atoms with Crippen LogP contribution < -0.4 is 5.76 Å². The normalized spacial score (nSPS) is 14.8. The quantitative estimate of drug-likeness (QED) is 0.626. The van der Waals surface area contributed by atoms with E-state index in [0.717, 1.165) is 5.56 Å². The smallest absolute Gasteiger partial charge is 0.417 e. The van der Waals surface area contributed by atoms with Gasteiger partial charge in [0, 0.05) is 36.8 Å². The van der Waals surface area contributed by atoms with Crippen molar-refractivity contribution in [2.75, 3.05) is 32.7 Å². The van der Waals surface area contributed by atoms with Crippen molar-refractivity contribution in [1.29, 1.82) is 0 Å². The van der Waals surface area contributed by atoms with Gasteiger partial charge in [-0.05, 0) is 35.9 Å². The van der Waals surface area contributed by atoms with Crippen LogP contribution in [-0.4, -0.2) is 59.4 Å². The Morgan fingerprint density at radius 2 is 1.80 bits per heavy atom. The van der Waals surface area contributed by atoms with Gasteiger partial charge in [0.05, 0.1) is 12.1 Å². The molecule has 8 nitrogen and oxygen atoms in total. The second-order valence-corrected chi connectivity index (χ2v) is 7.53. The summed E-state index contributed by atoms with van der Waals surface area (Å²) in [6.45, 7) is 2.53. The molecule has 0 bridgehead atoms. The average Bonchev–Trinajstić information content (AvgIpc) is 3.12. The number of hydrogen-bond acceptors (Lipinski definition) is 6. The highest BCUT2D eigenvalue weighted by Crippen LogP contribution is 2.15. The van der Waals surface area contributed by atoms with E-state index in [1.807, 2.05) is 17.0 Å². The first-order valence-electron chi connectivity index (χ1n) is 9.52. The summed E-state index contributed by atoms with van der Waals surface area (Å²) in [4.78, 5) is 42.3. The van der Waals surface area contributed by atoms with Crippen LogP contribution >= 0.6 is 11.6 Å². The van der Waals surface area contributed by atoms with E-state index in [1.54, 1.807) is 35.2 Å².